The summed E-state index contributed by atoms with van der Waals surface area (Å²) >= 11 is 0. The Hall–Kier alpha value is -3.36. The van der Waals surface area contributed by atoms with Gasteiger partial charge in [0.25, 0.3) is 5.56 Å². The van der Waals surface area contributed by atoms with Crippen molar-refractivity contribution in [2.24, 2.45) is 0 Å². The number of hydrogen-bond acceptors (Lipinski definition) is 6. The normalized spacial score (nSPS) is 16.2. The van der Waals surface area contributed by atoms with Crippen LogP contribution in [-0.4, -0.2) is 67.7 Å². The highest BCUT2D eigenvalue weighted by molar-refractivity contribution is 5.83. The number of likely N-dealkylation sites (N-methyl/N-ethyl adjacent to an activating group) is 1. The van der Waals surface area contributed by atoms with Crippen molar-refractivity contribution in [1.82, 2.24) is 35.0 Å². The second-order valence-electron chi connectivity index (χ2n) is 9.15. The lowest BCUT2D eigenvalue weighted by Gasteiger charge is -2.38. The SMILES string of the molecule is CCN1CCN([C@@H](c2cc3cc(C)cc(C)c3[nH]c2=O)c2nnnn2Cc2ccccc2)CC1. The van der Waals surface area contributed by atoms with Gasteiger partial charge >= 0.3 is 0 Å². The van der Waals surface area contributed by atoms with Crippen molar-refractivity contribution in [3.8, 4) is 0 Å². The molecule has 5 rings (SSSR count). The van der Waals surface area contributed by atoms with Crippen molar-refractivity contribution in [2.45, 2.75) is 33.4 Å². The van der Waals surface area contributed by atoms with Gasteiger partial charge < -0.3 is 9.88 Å². The number of aromatic nitrogens is 5. The quantitative estimate of drug-likeness (QED) is 0.479. The summed E-state index contributed by atoms with van der Waals surface area (Å²) in [5.41, 5.74) is 4.84. The van der Waals surface area contributed by atoms with Gasteiger partial charge in [-0.15, -0.1) is 5.10 Å². The highest BCUT2D eigenvalue weighted by Crippen LogP contribution is 2.29. The molecule has 4 aromatic rings. The van der Waals surface area contributed by atoms with Crippen LogP contribution in [0.15, 0.2) is 53.3 Å². The minimum absolute atomic E-state index is 0.0864. The molecule has 0 saturated carbocycles. The molecule has 8 nitrogen and oxygen atoms in total. The van der Waals surface area contributed by atoms with Gasteiger partial charge in [-0.2, -0.15) is 0 Å². The zero-order valence-electron chi connectivity index (χ0n) is 20.0. The highest BCUT2D eigenvalue weighted by Gasteiger charge is 2.32. The number of nitrogens with zero attached hydrogens (tertiary/aromatic N) is 6. The molecule has 0 bridgehead atoms. The third-order valence-electron chi connectivity index (χ3n) is 6.82. The first-order valence-corrected chi connectivity index (χ1v) is 11.9. The summed E-state index contributed by atoms with van der Waals surface area (Å²) in [7, 11) is 0. The fraction of sp³-hybridized carbons (Fsp3) is 0.385. The van der Waals surface area contributed by atoms with Crippen LogP contribution in [0.2, 0.25) is 0 Å². The summed E-state index contributed by atoms with van der Waals surface area (Å²) in [6, 6.07) is 16.1. The van der Waals surface area contributed by atoms with Crippen molar-refractivity contribution in [2.75, 3.05) is 32.7 Å². The van der Waals surface area contributed by atoms with Crippen molar-refractivity contribution in [1.29, 1.82) is 0 Å². The number of fused-ring (bicyclic) bond motifs is 1. The van der Waals surface area contributed by atoms with E-state index in [4.69, 9.17) is 0 Å². The van der Waals surface area contributed by atoms with Gasteiger partial charge in [0.1, 0.15) is 6.04 Å². The lowest BCUT2D eigenvalue weighted by molar-refractivity contribution is 0.108. The van der Waals surface area contributed by atoms with Gasteiger partial charge in [-0.25, -0.2) is 4.68 Å². The molecule has 1 atom stereocenters. The van der Waals surface area contributed by atoms with Crippen LogP contribution < -0.4 is 5.56 Å². The van der Waals surface area contributed by atoms with E-state index in [-0.39, 0.29) is 11.6 Å². The molecule has 0 aliphatic carbocycles. The van der Waals surface area contributed by atoms with E-state index < -0.39 is 0 Å². The molecule has 2 aromatic carbocycles. The van der Waals surface area contributed by atoms with Gasteiger partial charge in [-0.1, -0.05) is 48.9 Å². The molecule has 0 unspecified atom stereocenters. The van der Waals surface area contributed by atoms with Crippen LogP contribution in [0.25, 0.3) is 10.9 Å². The maximum absolute atomic E-state index is 13.5. The van der Waals surface area contributed by atoms with Crippen molar-refractivity contribution in [3.63, 3.8) is 0 Å². The molecule has 1 saturated heterocycles. The third-order valence-corrected chi connectivity index (χ3v) is 6.82. The maximum Gasteiger partial charge on any atom is 0.253 e. The number of nitrogens with one attached hydrogen (secondary N) is 1. The van der Waals surface area contributed by atoms with E-state index in [0.717, 1.165) is 54.8 Å². The number of aryl methyl sites for hydroxylation is 2. The molecular formula is C26H31N7O. The van der Waals surface area contributed by atoms with E-state index in [1.807, 2.05) is 35.9 Å². The molecule has 176 valence electrons. The van der Waals surface area contributed by atoms with Crippen molar-refractivity contribution >= 4 is 10.9 Å². The molecule has 0 radical (unpaired) electrons. The minimum atomic E-state index is -0.327. The summed E-state index contributed by atoms with van der Waals surface area (Å²) in [6.07, 6.45) is 0. The first kappa shape index (κ1) is 22.4. The third kappa shape index (κ3) is 4.38. The fourth-order valence-electron chi connectivity index (χ4n) is 5.02. The summed E-state index contributed by atoms with van der Waals surface area (Å²) in [4.78, 5) is 21.4. The number of pyridine rings is 1. The van der Waals surface area contributed by atoms with Gasteiger partial charge in [0.05, 0.1) is 12.1 Å². The molecule has 0 amide bonds. The Labute approximate surface area is 199 Å². The van der Waals surface area contributed by atoms with E-state index in [2.05, 4.69) is 68.4 Å². The smallest absolute Gasteiger partial charge is 0.253 e. The molecule has 1 fully saturated rings. The summed E-state index contributed by atoms with van der Waals surface area (Å²) in [6.45, 7) is 11.5. The number of hydrogen-bond donors (Lipinski definition) is 1. The lowest BCUT2D eigenvalue weighted by atomic mass is 10.00. The van der Waals surface area contributed by atoms with Crippen LogP contribution >= 0.6 is 0 Å². The minimum Gasteiger partial charge on any atom is -0.321 e. The topological polar surface area (TPSA) is 82.9 Å². The average molecular weight is 458 g/mol. The summed E-state index contributed by atoms with van der Waals surface area (Å²) in [5.74, 6) is 0.697. The Kier molecular flexibility index (Phi) is 6.26. The van der Waals surface area contributed by atoms with Gasteiger partial charge in [0.2, 0.25) is 0 Å². The second kappa shape index (κ2) is 9.48. The van der Waals surface area contributed by atoms with Crippen LogP contribution in [0.5, 0.6) is 0 Å². The van der Waals surface area contributed by atoms with Gasteiger partial charge in [-0.05, 0) is 59.5 Å². The van der Waals surface area contributed by atoms with E-state index in [9.17, 15) is 4.79 Å². The average Bonchev–Trinajstić information content (AvgIpc) is 3.29. The van der Waals surface area contributed by atoms with E-state index in [0.29, 0.717) is 17.9 Å². The van der Waals surface area contributed by atoms with Gasteiger partial charge in [0.15, 0.2) is 5.82 Å². The number of aromatic amines is 1. The molecular weight excluding hydrogens is 426 g/mol. The van der Waals surface area contributed by atoms with Gasteiger partial charge in [-0.3, -0.25) is 9.69 Å². The second-order valence-corrected chi connectivity index (χ2v) is 9.15. The molecule has 8 heteroatoms. The van der Waals surface area contributed by atoms with E-state index >= 15 is 0 Å². The van der Waals surface area contributed by atoms with Crippen LogP contribution in [0.4, 0.5) is 0 Å². The van der Waals surface area contributed by atoms with Crippen LogP contribution in [-0.2, 0) is 6.54 Å². The molecule has 0 spiro atoms. The predicted molar refractivity (Wildman–Crippen MR) is 133 cm³/mol. The summed E-state index contributed by atoms with van der Waals surface area (Å²) < 4.78 is 1.83. The first-order valence-electron chi connectivity index (χ1n) is 11.9. The first-order chi connectivity index (χ1) is 16.5. The Balaban J connectivity index is 1.62. The fourth-order valence-corrected chi connectivity index (χ4v) is 5.02. The Morgan fingerprint density at radius 3 is 2.53 bits per heavy atom. The van der Waals surface area contributed by atoms with Crippen molar-refractivity contribution in [3.05, 3.63) is 87.0 Å². The zero-order chi connectivity index (χ0) is 23.7. The highest BCUT2D eigenvalue weighted by atomic mass is 16.1. The predicted octanol–water partition coefficient (Wildman–Crippen LogP) is 2.91. The lowest BCUT2D eigenvalue weighted by Crippen LogP contribution is -2.49. The van der Waals surface area contributed by atoms with E-state index in [1.165, 1.54) is 5.56 Å². The Morgan fingerprint density at radius 2 is 1.79 bits per heavy atom. The number of H-pyrrole nitrogens is 1. The molecule has 2 aromatic heterocycles. The standard InChI is InChI=1S/C26H31N7O/c1-4-31-10-12-32(13-11-31)24(25-28-29-30-33(25)17-20-8-6-5-7-9-20)22-16-21-15-18(2)14-19(3)23(21)27-26(22)34/h5-9,14-16,24H,4,10-13,17H2,1-3H3,(H,27,34)/t24-/m0/s1. The molecule has 1 aliphatic heterocycles. The number of piperazine rings is 1. The van der Waals surface area contributed by atoms with Crippen LogP contribution in [0.1, 0.15) is 41.0 Å². The number of tetrazole rings is 1. The zero-order valence-corrected chi connectivity index (χ0v) is 20.0. The van der Waals surface area contributed by atoms with Crippen molar-refractivity contribution < 1.29 is 0 Å². The largest absolute Gasteiger partial charge is 0.321 e. The molecule has 1 aliphatic rings. The molecule has 1 N–H and O–H groups in total. The van der Waals surface area contributed by atoms with Crippen LogP contribution in [0, 0.1) is 13.8 Å². The number of rotatable bonds is 6. The Bertz CT molecular complexity index is 1340. The van der Waals surface area contributed by atoms with E-state index in [1.54, 1.807) is 0 Å². The molecule has 34 heavy (non-hydrogen) atoms. The Morgan fingerprint density at radius 1 is 1.03 bits per heavy atom. The monoisotopic (exact) mass is 457 g/mol. The molecule has 3 heterocycles. The van der Waals surface area contributed by atoms with Crippen LogP contribution in [0.3, 0.4) is 0 Å². The maximum atomic E-state index is 13.5. The van der Waals surface area contributed by atoms with Gasteiger partial charge in [0, 0.05) is 31.7 Å². The number of benzene rings is 2. The summed E-state index contributed by atoms with van der Waals surface area (Å²) in [5, 5.41) is 13.8.